The lowest BCUT2D eigenvalue weighted by Crippen LogP contribution is -2.52. The number of nitrogens with zero attached hydrogens (tertiary/aromatic N) is 2. The number of likely N-dealkylation sites (tertiary alicyclic amines) is 1. The first-order chi connectivity index (χ1) is 16.0. The molecule has 1 N–H and O–H groups in total. The summed E-state index contributed by atoms with van der Waals surface area (Å²) in [5.41, 5.74) is 4.04. The van der Waals surface area contributed by atoms with Gasteiger partial charge >= 0.3 is 0 Å². The molecule has 6 heteroatoms. The maximum atomic E-state index is 6.77. The Bertz CT molecular complexity index is 888. The molecule has 3 heterocycles. The van der Waals surface area contributed by atoms with Crippen LogP contribution in [0, 0.1) is 5.92 Å². The Kier molecular flexibility index (Phi) is 7.42. The summed E-state index contributed by atoms with van der Waals surface area (Å²) in [6, 6.07) is 7.68. The van der Waals surface area contributed by atoms with Gasteiger partial charge in [-0.1, -0.05) is 27.7 Å². The largest absolute Gasteiger partial charge is 0.490 e. The molecule has 1 atom stereocenters. The Hall–Kier alpha value is -1.50. The van der Waals surface area contributed by atoms with Crippen LogP contribution in [0.4, 0.5) is 5.69 Å². The number of rotatable bonds is 8. The molecule has 4 rings (SSSR count). The lowest BCUT2D eigenvalue weighted by atomic mass is 9.99. The van der Waals surface area contributed by atoms with E-state index >= 15 is 0 Å². The molecule has 3 aliphatic rings. The van der Waals surface area contributed by atoms with Crippen molar-refractivity contribution in [2.75, 3.05) is 31.1 Å². The van der Waals surface area contributed by atoms with Crippen LogP contribution < -0.4 is 15.0 Å². The van der Waals surface area contributed by atoms with Crippen molar-refractivity contribution < 1.29 is 9.16 Å². The van der Waals surface area contributed by atoms with Crippen LogP contribution in [0.3, 0.4) is 0 Å². The monoisotopic (exact) mass is 485 g/mol. The summed E-state index contributed by atoms with van der Waals surface area (Å²) >= 11 is 0. The Balaban J connectivity index is 1.42. The number of allylic oxidation sites excluding steroid dienone is 1. The molecule has 1 aromatic carbocycles. The summed E-state index contributed by atoms with van der Waals surface area (Å²) in [6.45, 7) is 22.7. The van der Waals surface area contributed by atoms with E-state index in [0.29, 0.717) is 24.1 Å². The zero-order valence-corrected chi connectivity index (χ0v) is 23.8. The lowest BCUT2D eigenvalue weighted by Gasteiger charge is -2.44. The molecule has 0 spiro atoms. The normalized spacial score (nSPS) is 22.0. The Morgan fingerprint density at radius 1 is 1.12 bits per heavy atom. The van der Waals surface area contributed by atoms with E-state index in [4.69, 9.17) is 9.16 Å². The number of fused-ring (bicyclic) bond motifs is 3. The highest BCUT2D eigenvalue weighted by atomic mass is 28.4. The van der Waals surface area contributed by atoms with Crippen LogP contribution in [0.25, 0.3) is 0 Å². The highest BCUT2D eigenvalue weighted by Gasteiger charge is 2.44. The molecule has 0 bridgehead atoms. The van der Waals surface area contributed by atoms with Crippen molar-refractivity contribution in [1.29, 1.82) is 0 Å². The van der Waals surface area contributed by atoms with E-state index in [-0.39, 0.29) is 5.04 Å². The highest BCUT2D eigenvalue weighted by Crippen LogP contribution is 2.45. The topological polar surface area (TPSA) is 37.0 Å². The van der Waals surface area contributed by atoms with Gasteiger partial charge in [0.2, 0.25) is 0 Å². The summed E-state index contributed by atoms with van der Waals surface area (Å²) in [7, 11) is -1.86. The van der Waals surface area contributed by atoms with Crippen LogP contribution in [0.2, 0.25) is 18.1 Å². The number of ether oxygens (including phenoxy) is 1. The molecule has 190 valence electrons. The van der Waals surface area contributed by atoms with Gasteiger partial charge in [-0.25, -0.2) is 0 Å². The Labute approximate surface area is 209 Å². The highest BCUT2D eigenvalue weighted by molar-refractivity contribution is 6.74. The number of benzene rings is 1. The smallest absolute Gasteiger partial charge is 0.192 e. The van der Waals surface area contributed by atoms with Gasteiger partial charge in [0.15, 0.2) is 8.32 Å². The Morgan fingerprint density at radius 3 is 2.47 bits per heavy atom. The van der Waals surface area contributed by atoms with Gasteiger partial charge in [-0.3, -0.25) is 0 Å². The molecule has 0 unspecified atom stereocenters. The van der Waals surface area contributed by atoms with Gasteiger partial charge < -0.3 is 24.3 Å². The summed E-state index contributed by atoms with van der Waals surface area (Å²) in [5.74, 6) is 1.63. The van der Waals surface area contributed by atoms with Gasteiger partial charge in [0.25, 0.3) is 0 Å². The maximum absolute atomic E-state index is 6.77. The average Bonchev–Trinajstić information content (AvgIpc) is 3.16. The summed E-state index contributed by atoms with van der Waals surface area (Å²) in [4.78, 5) is 5.07. The van der Waals surface area contributed by atoms with Crippen LogP contribution in [0.1, 0.15) is 59.9 Å². The average molecular weight is 486 g/mol. The van der Waals surface area contributed by atoms with Crippen LogP contribution in [0.5, 0.6) is 5.75 Å². The zero-order valence-electron chi connectivity index (χ0n) is 22.8. The van der Waals surface area contributed by atoms with Crippen molar-refractivity contribution in [1.82, 2.24) is 10.2 Å². The van der Waals surface area contributed by atoms with Crippen molar-refractivity contribution in [3.63, 3.8) is 0 Å². The first-order valence-corrected chi connectivity index (χ1v) is 16.3. The maximum Gasteiger partial charge on any atom is 0.192 e. The first kappa shape index (κ1) is 25.6. The molecule has 1 saturated heterocycles. The molecule has 1 fully saturated rings. The van der Waals surface area contributed by atoms with Gasteiger partial charge in [-0.2, -0.15) is 0 Å². The summed E-state index contributed by atoms with van der Waals surface area (Å²) in [6.07, 6.45) is 5.71. The third kappa shape index (κ3) is 5.05. The van der Waals surface area contributed by atoms with Crippen LogP contribution in [0.15, 0.2) is 30.1 Å². The summed E-state index contributed by atoms with van der Waals surface area (Å²) in [5, 5.41) is 3.76. The molecule has 0 amide bonds. The molecule has 34 heavy (non-hydrogen) atoms. The van der Waals surface area contributed by atoms with Crippen molar-refractivity contribution in [3.8, 4) is 5.75 Å². The van der Waals surface area contributed by atoms with E-state index in [0.717, 1.165) is 51.3 Å². The zero-order chi connectivity index (χ0) is 24.7. The van der Waals surface area contributed by atoms with Crippen molar-refractivity contribution >= 4 is 14.0 Å². The van der Waals surface area contributed by atoms with Gasteiger partial charge in [0.05, 0.1) is 12.6 Å². The van der Waals surface area contributed by atoms with E-state index in [1.807, 2.05) is 0 Å². The molecule has 0 radical (unpaired) electrons. The molecule has 3 aliphatic heterocycles. The molecule has 0 saturated carbocycles. The van der Waals surface area contributed by atoms with Gasteiger partial charge in [-0.15, -0.1) is 0 Å². The predicted molar refractivity (Wildman–Crippen MR) is 145 cm³/mol. The molecule has 1 aromatic rings. The standard InChI is InChI=1S/C28H47N3O2Si/c1-20(2)28(5,6)34(7,8)32-19-24-18-29-17-23-15-22-16-26(9-10-27(22)31(23)24)33-25-11-13-30(14-12-25)21(3)4/h9-10,16-17,20-21,24-25,29H,11-15,18-19H2,1-8H3/t24-/m0/s1. The van der Waals surface area contributed by atoms with Crippen molar-refractivity contribution in [2.24, 2.45) is 5.92 Å². The summed E-state index contributed by atoms with van der Waals surface area (Å²) < 4.78 is 13.2. The fraction of sp³-hybridized carbons (Fsp3) is 0.714. The molecular weight excluding hydrogens is 438 g/mol. The quantitative estimate of drug-likeness (QED) is 0.473. The molecule has 0 aromatic heterocycles. The minimum atomic E-state index is -1.86. The third-order valence-electron chi connectivity index (χ3n) is 9.12. The Morgan fingerprint density at radius 2 is 1.82 bits per heavy atom. The fourth-order valence-electron chi connectivity index (χ4n) is 5.42. The van der Waals surface area contributed by atoms with E-state index in [2.05, 4.69) is 94.2 Å². The van der Waals surface area contributed by atoms with Gasteiger partial charge in [0, 0.05) is 49.7 Å². The number of anilines is 1. The second-order valence-corrected chi connectivity index (χ2v) is 16.8. The van der Waals surface area contributed by atoms with E-state index < -0.39 is 8.32 Å². The molecular formula is C28H47N3O2Si. The van der Waals surface area contributed by atoms with Crippen molar-refractivity contribution in [2.45, 2.75) is 97.1 Å². The fourth-order valence-corrected chi connectivity index (χ4v) is 7.80. The van der Waals surface area contributed by atoms with E-state index in [1.54, 1.807) is 0 Å². The number of hydrogen-bond acceptors (Lipinski definition) is 5. The van der Waals surface area contributed by atoms with E-state index in [9.17, 15) is 0 Å². The number of piperidine rings is 1. The predicted octanol–water partition coefficient (Wildman–Crippen LogP) is 5.77. The first-order valence-electron chi connectivity index (χ1n) is 13.4. The number of nitrogens with one attached hydrogen (secondary N) is 1. The van der Waals surface area contributed by atoms with Crippen LogP contribution >= 0.6 is 0 Å². The SMILES string of the molecule is CC(C)N1CCC(Oc2ccc3c(c2)CC2=CNC[C@@H](CO[Si](C)(C)C(C)(C)C(C)C)N23)CC1. The third-order valence-corrected chi connectivity index (χ3v) is 13.7. The second-order valence-electron chi connectivity index (χ2n) is 12.2. The van der Waals surface area contributed by atoms with Crippen LogP contribution in [-0.2, 0) is 10.8 Å². The van der Waals surface area contributed by atoms with Gasteiger partial charge in [-0.05, 0) is 74.5 Å². The molecule has 5 nitrogen and oxygen atoms in total. The van der Waals surface area contributed by atoms with Crippen LogP contribution in [-0.4, -0.2) is 57.6 Å². The second kappa shape index (κ2) is 9.86. The lowest BCUT2D eigenvalue weighted by molar-refractivity contribution is 0.0843. The minimum Gasteiger partial charge on any atom is -0.490 e. The van der Waals surface area contributed by atoms with E-state index in [1.165, 1.54) is 16.9 Å². The minimum absolute atomic E-state index is 0.230. The van der Waals surface area contributed by atoms with Crippen molar-refractivity contribution in [3.05, 3.63) is 35.7 Å². The number of hydrogen-bond donors (Lipinski definition) is 1. The molecule has 0 aliphatic carbocycles. The van der Waals surface area contributed by atoms with Gasteiger partial charge in [0.1, 0.15) is 11.9 Å².